The van der Waals surface area contributed by atoms with Crippen LogP contribution in [0.15, 0.2) is 52.8 Å². The molecule has 5 heteroatoms. The van der Waals surface area contributed by atoms with Gasteiger partial charge >= 0.3 is 0 Å². The van der Waals surface area contributed by atoms with Crippen LogP contribution in [0.1, 0.15) is 11.3 Å². The van der Waals surface area contributed by atoms with E-state index in [9.17, 15) is 4.79 Å². The van der Waals surface area contributed by atoms with Gasteiger partial charge < -0.3 is 10.3 Å². The lowest BCUT2D eigenvalue weighted by atomic mass is 10.1. The van der Waals surface area contributed by atoms with Gasteiger partial charge in [-0.05, 0) is 18.2 Å². The van der Waals surface area contributed by atoms with Crippen molar-refractivity contribution in [1.82, 2.24) is 4.98 Å². The molecular formula is C13H10N4O. The summed E-state index contributed by atoms with van der Waals surface area (Å²) in [5.41, 5.74) is 2.74. The molecule has 0 fully saturated rings. The van der Waals surface area contributed by atoms with E-state index in [1.54, 1.807) is 12.4 Å². The average Bonchev–Trinajstić information content (AvgIpc) is 2.98. The topological polar surface area (TPSA) is 69.6 Å². The normalized spacial score (nSPS) is 16.2. The molecule has 0 spiro atoms. The Morgan fingerprint density at radius 3 is 2.83 bits per heavy atom. The highest BCUT2D eigenvalue weighted by atomic mass is 16.2. The molecule has 0 unspecified atom stereocenters. The molecule has 0 bridgehead atoms. The summed E-state index contributed by atoms with van der Waals surface area (Å²) in [6, 6.07) is 11.1. The van der Waals surface area contributed by atoms with Crippen LogP contribution in [0.4, 0.5) is 5.69 Å². The second-order valence-corrected chi connectivity index (χ2v) is 3.82. The summed E-state index contributed by atoms with van der Waals surface area (Å²) in [6.07, 6.45) is 3.37. The minimum absolute atomic E-state index is 0.222. The molecular weight excluding hydrogens is 228 g/mol. The predicted molar refractivity (Wildman–Crippen MR) is 70.0 cm³/mol. The van der Waals surface area contributed by atoms with Gasteiger partial charge in [-0.25, -0.2) is 0 Å². The van der Waals surface area contributed by atoms with Crippen LogP contribution in [0.5, 0.6) is 0 Å². The molecule has 2 heterocycles. The first-order chi connectivity index (χ1) is 8.84. The minimum atomic E-state index is -0.222. The number of hydrogen-bond acceptors (Lipinski definition) is 3. The Bertz CT molecular complexity index is 641. The van der Waals surface area contributed by atoms with E-state index in [1.165, 1.54) is 0 Å². The van der Waals surface area contributed by atoms with Gasteiger partial charge in [0.05, 0.1) is 17.6 Å². The van der Waals surface area contributed by atoms with Crippen molar-refractivity contribution in [1.29, 1.82) is 0 Å². The Morgan fingerprint density at radius 2 is 2.00 bits per heavy atom. The molecule has 5 nitrogen and oxygen atoms in total. The summed E-state index contributed by atoms with van der Waals surface area (Å²) in [7, 11) is 0. The third-order valence-electron chi connectivity index (χ3n) is 2.62. The number of nitrogens with one attached hydrogen (secondary N) is 2. The third-order valence-corrected chi connectivity index (χ3v) is 2.62. The third kappa shape index (κ3) is 1.82. The number of fused-ring (bicyclic) bond motifs is 1. The van der Waals surface area contributed by atoms with Crippen LogP contribution >= 0.6 is 0 Å². The number of rotatable bonds is 2. The van der Waals surface area contributed by atoms with Gasteiger partial charge in [-0.15, -0.1) is 5.10 Å². The molecule has 1 aliphatic heterocycles. The van der Waals surface area contributed by atoms with E-state index in [2.05, 4.69) is 20.5 Å². The summed E-state index contributed by atoms with van der Waals surface area (Å²) in [5.74, 6) is -0.222. The van der Waals surface area contributed by atoms with Crippen molar-refractivity contribution >= 4 is 23.5 Å². The van der Waals surface area contributed by atoms with Crippen molar-refractivity contribution in [3.05, 3.63) is 53.9 Å². The van der Waals surface area contributed by atoms with Gasteiger partial charge in [0, 0.05) is 11.8 Å². The quantitative estimate of drug-likeness (QED) is 0.607. The second-order valence-electron chi connectivity index (χ2n) is 3.82. The molecule has 2 N–H and O–H groups in total. The minimum Gasteiger partial charge on any atom is -0.360 e. The molecule has 18 heavy (non-hydrogen) atoms. The Kier molecular flexibility index (Phi) is 2.49. The van der Waals surface area contributed by atoms with Gasteiger partial charge in [0.1, 0.15) is 0 Å². The van der Waals surface area contributed by atoms with Crippen LogP contribution in [-0.2, 0) is 4.79 Å². The molecule has 1 aromatic carbocycles. The summed E-state index contributed by atoms with van der Waals surface area (Å²) in [4.78, 5) is 14.7. The SMILES string of the molecule is O=C1Nc2ccccc2/C1=N/N=C/c1ccc[nH]1. The van der Waals surface area contributed by atoms with E-state index < -0.39 is 0 Å². The molecule has 1 aromatic heterocycles. The molecule has 2 aromatic rings. The van der Waals surface area contributed by atoms with Crippen molar-refractivity contribution in [3.63, 3.8) is 0 Å². The number of amides is 1. The largest absolute Gasteiger partial charge is 0.360 e. The number of carbonyl (C=O) groups is 1. The molecule has 1 aliphatic rings. The zero-order valence-corrected chi connectivity index (χ0v) is 9.42. The Balaban J connectivity index is 1.90. The Hall–Kier alpha value is -2.69. The van der Waals surface area contributed by atoms with Crippen molar-refractivity contribution in [2.75, 3.05) is 5.32 Å². The van der Waals surface area contributed by atoms with Gasteiger partial charge in [-0.3, -0.25) is 4.79 Å². The standard InChI is InChI=1S/C13H10N4O/c18-13-12(10-5-1-2-6-11(10)16-13)17-15-8-9-4-3-7-14-9/h1-8,14H,(H,16,17,18)/b15-8+. The number of para-hydroxylation sites is 1. The fourth-order valence-electron chi connectivity index (χ4n) is 1.78. The van der Waals surface area contributed by atoms with E-state index in [-0.39, 0.29) is 5.91 Å². The molecule has 1 amide bonds. The van der Waals surface area contributed by atoms with Crippen molar-refractivity contribution < 1.29 is 4.79 Å². The molecule has 0 radical (unpaired) electrons. The van der Waals surface area contributed by atoms with E-state index >= 15 is 0 Å². The fraction of sp³-hybridized carbons (Fsp3) is 0. The highest BCUT2D eigenvalue weighted by Gasteiger charge is 2.25. The molecule has 3 rings (SSSR count). The van der Waals surface area contributed by atoms with E-state index in [0.717, 1.165) is 16.9 Å². The number of aromatic nitrogens is 1. The van der Waals surface area contributed by atoms with Crippen LogP contribution in [0.2, 0.25) is 0 Å². The van der Waals surface area contributed by atoms with Crippen molar-refractivity contribution in [3.8, 4) is 0 Å². The maximum atomic E-state index is 11.7. The van der Waals surface area contributed by atoms with Gasteiger partial charge in [0.25, 0.3) is 5.91 Å². The number of benzene rings is 1. The van der Waals surface area contributed by atoms with Crippen molar-refractivity contribution in [2.45, 2.75) is 0 Å². The van der Waals surface area contributed by atoms with Gasteiger partial charge in [-0.1, -0.05) is 18.2 Å². The lowest BCUT2D eigenvalue weighted by Gasteiger charge is -1.93. The number of aromatic amines is 1. The zero-order chi connectivity index (χ0) is 12.4. The smallest absolute Gasteiger partial charge is 0.276 e. The maximum absolute atomic E-state index is 11.7. The van der Waals surface area contributed by atoms with E-state index in [0.29, 0.717) is 5.71 Å². The average molecular weight is 238 g/mol. The number of hydrogen-bond donors (Lipinski definition) is 2. The predicted octanol–water partition coefficient (Wildman–Crippen LogP) is 1.79. The first-order valence-corrected chi connectivity index (χ1v) is 5.50. The van der Waals surface area contributed by atoms with E-state index in [4.69, 9.17) is 0 Å². The molecule has 0 saturated heterocycles. The molecule has 0 saturated carbocycles. The summed E-state index contributed by atoms with van der Waals surface area (Å²) in [5, 5.41) is 10.6. The Morgan fingerprint density at radius 1 is 1.11 bits per heavy atom. The van der Waals surface area contributed by atoms with Crippen LogP contribution in [-0.4, -0.2) is 22.8 Å². The second kappa shape index (κ2) is 4.29. The highest BCUT2D eigenvalue weighted by molar-refractivity contribution is 6.53. The zero-order valence-electron chi connectivity index (χ0n) is 9.42. The summed E-state index contributed by atoms with van der Waals surface area (Å²) >= 11 is 0. The van der Waals surface area contributed by atoms with E-state index in [1.807, 2.05) is 36.4 Å². The Labute approximate surface area is 103 Å². The molecule has 88 valence electrons. The first kappa shape index (κ1) is 10.5. The van der Waals surface area contributed by atoms with Gasteiger partial charge in [0.2, 0.25) is 0 Å². The van der Waals surface area contributed by atoms with Crippen molar-refractivity contribution in [2.24, 2.45) is 10.2 Å². The fourth-order valence-corrected chi connectivity index (χ4v) is 1.78. The maximum Gasteiger partial charge on any atom is 0.276 e. The monoisotopic (exact) mass is 238 g/mol. The first-order valence-electron chi connectivity index (χ1n) is 5.50. The number of H-pyrrole nitrogens is 1. The van der Waals surface area contributed by atoms with Gasteiger partial charge in [0.15, 0.2) is 5.71 Å². The lowest BCUT2D eigenvalue weighted by Crippen LogP contribution is -2.13. The highest BCUT2D eigenvalue weighted by Crippen LogP contribution is 2.22. The lowest BCUT2D eigenvalue weighted by molar-refractivity contribution is -0.110. The van der Waals surface area contributed by atoms with Crippen LogP contribution in [0.25, 0.3) is 0 Å². The molecule has 0 aliphatic carbocycles. The molecule has 0 atom stereocenters. The van der Waals surface area contributed by atoms with Crippen LogP contribution < -0.4 is 5.32 Å². The van der Waals surface area contributed by atoms with Crippen LogP contribution in [0.3, 0.4) is 0 Å². The summed E-state index contributed by atoms with van der Waals surface area (Å²) < 4.78 is 0. The van der Waals surface area contributed by atoms with Crippen LogP contribution in [0, 0.1) is 0 Å². The summed E-state index contributed by atoms with van der Waals surface area (Å²) in [6.45, 7) is 0. The number of carbonyl (C=O) groups excluding carboxylic acids is 1. The van der Waals surface area contributed by atoms with Gasteiger partial charge in [-0.2, -0.15) is 5.10 Å². The number of anilines is 1. The number of nitrogens with zero attached hydrogens (tertiary/aromatic N) is 2.